The minimum Gasteiger partial charge on any atom is -0.489 e. The van der Waals surface area contributed by atoms with Gasteiger partial charge in [0.1, 0.15) is 22.4 Å². The molecule has 29 heavy (non-hydrogen) atoms. The number of ether oxygens (including phenoxy) is 1. The number of thiazole rings is 1. The van der Waals surface area contributed by atoms with Crippen molar-refractivity contribution in [3.8, 4) is 11.5 Å². The molecule has 1 aliphatic heterocycles. The molecule has 0 aliphatic carbocycles. The number of thioether (sulfide) groups is 1. The molecule has 1 aromatic heterocycles. The van der Waals surface area contributed by atoms with Crippen LogP contribution in [0, 0.1) is 0 Å². The van der Waals surface area contributed by atoms with E-state index in [1.165, 1.54) is 23.1 Å². The summed E-state index contributed by atoms with van der Waals surface area (Å²) in [5, 5.41) is 10.4. The number of hydrogen-bond donors (Lipinski definition) is 2. The number of nitrogens with zero attached hydrogens (tertiary/aromatic N) is 2. The Hall–Kier alpha value is -2.52. The maximum absolute atomic E-state index is 11.1. The lowest BCUT2D eigenvalue weighted by molar-refractivity contribution is -0.137. The summed E-state index contributed by atoms with van der Waals surface area (Å²) in [6.07, 6.45) is 0. The van der Waals surface area contributed by atoms with Crippen LogP contribution in [0.5, 0.6) is 11.5 Å². The number of aromatic nitrogens is 1. The third-order valence-corrected chi connectivity index (χ3v) is 6.57. The van der Waals surface area contributed by atoms with Gasteiger partial charge in [0, 0.05) is 10.3 Å². The quantitative estimate of drug-likeness (QED) is 0.522. The van der Waals surface area contributed by atoms with Gasteiger partial charge in [-0.05, 0) is 35.9 Å². The number of carboxylic acids is 1. The minimum atomic E-state index is -2.68. The van der Waals surface area contributed by atoms with Gasteiger partial charge in [-0.25, -0.2) is 14.3 Å². The maximum atomic E-state index is 11.1. The highest BCUT2D eigenvalue weighted by Crippen LogP contribution is 2.32. The van der Waals surface area contributed by atoms with Crippen LogP contribution in [0.2, 0.25) is 0 Å². The normalized spacial score (nSPS) is 16.5. The van der Waals surface area contributed by atoms with Gasteiger partial charge in [-0.3, -0.25) is 4.99 Å². The summed E-state index contributed by atoms with van der Waals surface area (Å²) in [5.74, 6) is 0.492. The smallest absolute Gasteiger partial charge is 0.489 e. The van der Waals surface area contributed by atoms with Gasteiger partial charge in [0.15, 0.2) is 11.8 Å². The van der Waals surface area contributed by atoms with Gasteiger partial charge in [0.25, 0.3) is 0 Å². The minimum absolute atomic E-state index is 0.314. The van der Waals surface area contributed by atoms with Crippen molar-refractivity contribution in [2.24, 2.45) is 4.99 Å². The van der Waals surface area contributed by atoms with Crippen molar-refractivity contribution < 1.29 is 28.6 Å². The molecule has 2 atom stereocenters. The average molecular weight is 449 g/mol. The van der Waals surface area contributed by atoms with Gasteiger partial charge in [-0.15, -0.1) is 28.0 Å². The van der Waals surface area contributed by atoms with E-state index in [-0.39, 0.29) is 0 Å². The zero-order chi connectivity index (χ0) is 20.4. The first kappa shape index (κ1) is 19.8. The third-order valence-electron chi connectivity index (χ3n) is 3.99. The van der Waals surface area contributed by atoms with Crippen LogP contribution in [0.15, 0.2) is 47.5 Å². The highest BCUT2D eigenvalue weighted by atomic mass is 32.2. The van der Waals surface area contributed by atoms with Gasteiger partial charge >= 0.3 is 14.2 Å². The number of benzene rings is 2. The van der Waals surface area contributed by atoms with Gasteiger partial charge in [-0.1, -0.05) is 12.1 Å². The molecule has 1 aliphatic rings. The van der Waals surface area contributed by atoms with E-state index in [4.69, 9.17) is 19.3 Å². The summed E-state index contributed by atoms with van der Waals surface area (Å²) in [4.78, 5) is 28.6. The Bertz CT molecular complexity index is 1120. The largest absolute Gasteiger partial charge is 0.747 e. The number of carboxylic acid groups (broad SMARTS) is 1. The van der Waals surface area contributed by atoms with Crippen molar-refractivity contribution in [1.29, 1.82) is 0 Å². The van der Waals surface area contributed by atoms with Crippen molar-refractivity contribution in [3.05, 3.63) is 53.0 Å². The second-order valence-corrected chi connectivity index (χ2v) is 8.71. The molecule has 0 saturated heterocycles. The van der Waals surface area contributed by atoms with E-state index in [1.807, 2.05) is 18.2 Å². The van der Waals surface area contributed by atoms with Crippen LogP contribution in [0.4, 0.5) is 0 Å². The number of hydrogen-bond acceptors (Lipinski definition) is 8. The average Bonchev–Trinajstić information content (AvgIpc) is 3.33. The Labute approximate surface area is 174 Å². The summed E-state index contributed by atoms with van der Waals surface area (Å²) in [6, 6.07) is 11.6. The molecule has 0 spiro atoms. The van der Waals surface area contributed by atoms with E-state index in [9.17, 15) is 9.36 Å². The topological polar surface area (TPSA) is 118 Å². The fourth-order valence-corrected chi connectivity index (χ4v) is 5.00. The Kier molecular flexibility index (Phi) is 5.77. The van der Waals surface area contributed by atoms with E-state index >= 15 is 0 Å². The first-order chi connectivity index (χ1) is 14.0. The van der Waals surface area contributed by atoms with Gasteiger partial charge < -0.3 is 9.84 Å². The van der Waals surface area contributed by atoms with E-state index in [1.54, 1.807) is 24.3 Å². The molecule has 8 nitrogen and oxygen atoms in total. The van der Waals surface area contributed by atoms with E-state index in [0.29, 0.717) is 33.9 Å². The first-order valence-electron chi connectivity index (χ1n) is 8.38. The lowest BCUT2D eigenvalue weighted by atomic mass is 10.2. The zero-order valence-electron chi connectivity index (χ0n) is 14.7. The van der Waals surface area contributed by atoms with Crippen molar-refractivity contribution in [3.63, 3.8) is 0 Å². The number of carbonyl (C=O) groups is 1. The molecule has 0 fully saturated rings. The number of fused-ring (bicyclic) bond motifs is 1. The fraction of sp³-hybridized carbons (Fsp3) is 0.167. The summed E-state index contributed by atoms with van der Waals surface area (Å²) in [7, 11) is -2.68. The van der Waals surface area contributed by atoms with Crippen LogP contribution >= 0.6 is 31.4 Å². The van der Waals surface area contributed by atoms with Gasteiger partial charge in [0.05, 0.1) is 10.2 Å². The monoisotopic (exact) mass is 449 g/mol. The summed E-state index contributed by atoms with van der Waals surface area (Å²) in [6.45, 7) is 0.325. The van der Waals surface area contributed by atoms with Gasteiger partial charge in [-0.2, -0.15) is 0 Å². The molecule has 0 amide bonds. The van der Waals surface area contributed by atoms with Crippen LogP contribution in [0.25, 0.3) is 10.2 Å². The molecule has 4 rings (SSSR count). The summed E-state index contributed by atoms with van der Waals surface area (Å²) in [5.41, 5.74) is 1.69. The van der Waals surface area contributed by atoms with Crippen LogP contribution in [-0.4, -0.2) is 37.8 Å². The molecular weight excluding hydrogens is 435 g/mol. The predicted octanol–water partition coefficient (Wildman–Crippen LogP) is 3.85. The Morgan fingerprint density at radius 1 is 1.21 bits per heavy atom. The third kappa shape index (κ3) is 4.73. The number of aliphatic carboxylic acids is 1. The van der Waals surface area contributed by atoms with Crippen LogP contribution < -0.4 is 9.26 Å². The SMILES string of the molecule is O=C(O)[C@H]1CSC(c2nc3ccc(OCc4ccc(O[P+](=O)O)cc4)cc3s2)=N1. The molecule has 2 N–H and O–H groups in total. The van der Waals surface area contributed by atoms with Crippen molar-refractivity contribution in [2.45, 2.75) is 12.6 Å². The number of aliphatic imine (C=N–C) groups is 1. The van der Waals surface area contributed by atoms with Gasteiger partial charge in [0.2, 0.25) is 0 Å². The molecule has 0 radical (unpaired) electrons. The number of rotatable bonds is 7. The molecule has 148 valence electrons. The Balaban J connectivity index is 1.45. The van der Waals surface area contributed by atoms with Crippen LogP contribution in [-0.2, 0) is 16.0 Å². The molecule has 2 heterocycles. The fourth-order valence-electron chi connectivity index (χ4n) is 2.61. The highest BCUT2D eigenvalue weighted by Gasteiger charge is 2.26. The van der Waals surface area contributed by atoms with Crippen LogP contribution in [0.1, 0.15) is 10.6 Å². The second-order valence-electron chi connectivity index (χ2n) is 6.01. The first-order valence-corrected chi connectivity index (χ1v) is 11.3. The Morgan fingerprint density at radius 2 is 1.97 bits per heavy atom. The standard InChI is InChI=1S/C18H13N2O6PS2/c21-18(22)14-9-28-16(20-14)17-19-13-6-5-12(7-15(13)29-17)25-8-10-1-3-11(4-2-10)26-27(23)24/h1-7,14H,8-9H2,(H-,21,22,23,24)/p+1/t14-/m1/s1. The molecule has 0 saturated carbocycles. The van der Waals surface area contributed by atoms with Crippen molar-refractivity contribution in [2.75, 3.05) is 5.75 Å². The zero-order valence-corrected chi connectivity index (χ0v) is 17.2. The molecular formula is C18H14N2O6PS2+. The lowest BCUT2D eigenvalue weighted by Crippen LogP contribution is -2.17. The molecule has 2 aromatic carbocycles. The van der Waals surface area contributed by atoms with Crippen LogP contribution in [0.3, 0.4) is 0 Å². The van der Waals surface area contributed by atoms with Crippen molar-refractivity contribution >= 4 is 52.6 Å². The summed E-state index contributed by atoms with van der Waals surface area (Å²) < 4.78 is 22.1. The van der Waals surface area contributed by atoms with Crippen molar-refractivity contribution in [1.82, 2.24) is 4.98 Å². The molecule has 1 unspecified atom stereocenters. The van der Waals surface area contributed by atoms with E-state index in [0.717, 1.165) is 15.8 Å². The molecule has 11 heteroatoms. The summed E-state index contributed by atoms with van der Waals surface area (Å²) >= 11 is 2.85. The van der Waals surface area contributed by atoms with E-state index < -0.39 is 20.3 Å². The highest BCUT2D eigenvalue weighted by molar-refractivity contribution is 8.15. The lowest BCUT2D eigenvalue weighted by Gasteiger charge is -2.06. The Morgan fingerprint density at radius 3 is 2.66 bits per heavy atom. The molecule has 3 aromatic rings. The predicted molar refractivity (Wildman–Crippen MR) is 111 cm³/mol. The maximum Gasteiger partial charge on any atom is 0.747 e. The second kappa shape index (κ2) is 8.46. The molecule has 0 bridgehead atoms. The van der Waals surface area contributed by atoms with E-state index in [2.05, 4.69) is 9.98 Å².